The fraction of sp³-hybridized carbons (Fsp3) is 0.318. The zero-order valence-electron chi connectivity index (χ0n) is 18.0. The average Bonchev–Trinajstić information content (AvgIpc) is 3.60. The van der Waals surface area contributed by atoms with E-state index in [1.54, 1.807) is 18.2 Å². The van der Waals surface area contributed by atoms with Gasteiger partial charge in [0.1, 0.15) is 34.2 Å². The van der Waals surface area contributed by atoms with Crippen LogP contribution in [-0.2, 0) is 23.4 Å². The Hall–Kier alpha value is -3.78. The minimum atomic E-state index is -3.28. The molecule has 3 aromatic rings. The number of hydrogen-bond donors (Lipinski definition) is 1. The van der Waals surface area contributed by atoms with Gasteiger partial charge in [0, 0.05) is 37.6 Å². The third-order valence-corrected chi connectivity index (χ3v) is 7.89. The maximum Gasteiger partial charge on any atom is 0.263 e. The summed E-state index contributed by atoms with van der Waals surface area (Å²) in [7, 11) is -1.77. The lowest BCUT2D eigenvalue weighted by Gasteiger charge is -2.16. The van der Waals surface area contributed by atoms with E-state index in [2.05, 4.69) is 15.3 Å². The zero-order chi connectivity index (χ0) is 23.8. The SMILES string of the molecule is Cn1c(=O)c(C(=O)NCc2ccc(C#N)nc2)cc2ccnc(OCC3(S(C)(=O)=O)CC3)c21. The van der Waals surface area contributed by atoms with Gasteiger partial charge in [-0.05, 0) is 36.6 Å². The number of nitrogens with one attached hydrogen (secondary N) is 1. The number of hydrogen-bond acceptors (Lipinski definition) is 8. The predicted octanol–water partition coefficient (Wildman–Crippen LogP) is 1.09. The third kappa shape index (κ3) is 4.29. The first-order valence-corrected chi connectivity index (χ1v) is 12.0. The van der Waals surface area contributed by atoms with E-state index in [9.17, 15) is 18.0 Å². The standard InChI is InChI=1S/C22H21N5O5S/c1-27-18-15(5-8-24-20(18)32-13-22(6-7-22)33(2,30)31)9-17(21(27)29)19(28)26-12-14-3-4-16(10-23)25-11-14/h3-5,8-9,11H,6-7,12-13H2,1-2H3,(H,26,28). The second-order valence-electron chi connectivity index (χ2n) is 8.07. The van der Waals surface area contributed by atoms with Gasteiger partial charge in [0.15, 0.2) is 9.84 Å². The van der Waals surface area contributed by atoms with Gasteiger partial charge in [-0.2, -0.15) is 5.26 Å². The second kappa shape index (κ2) is 8.29. The van der Waals surface area contributed by atoms with Gasteiger partial charge in [0.05, 0.1) is 0 Å². The molecule has 0 aliphatic heterocycles. The molecule has 1 aliphatic carbocycles. The van der Waals surface area contributed by atoms with Crippen molar-refractivity contribution in [2.45, 2.75) is 24.1 Å². The summed E-state index contributed by atoms with van der Waals surface area (Å²) in [5.41, 5.74) is 0.724. The minimum Gasteiger partial charge on any atom is -0.474 e. The third-order valence-electron chi connectivity index (χ3n) is 5.80. The van der Waals surface area contributed by atoms with Gasteiger partial charge in [-0.15, -0.1) is 0 Å². The van der Waals surface area contributed by atoms with E-state index in [0.717, 1.165) is 0 Å². The number of rotatable bonds is 7. The number of carbonyl (C=O) groups is 1. The Bertz CT molecular complexity index is 1450. The van der Waals surface area contributed by atoms with Crippen molar-refractivity contribution >= 4 is 26.6 Å². The molecular formula is C22H21N5O5S. The van der Waals surface area contributed by atoms with Gasteiger partial charge in [0.2, 0.25) is 5.88 Å². The summed E-state index contributed by atoms with van der Waals surface area (Å²) in [5, 5.41) is 12.0. The number of aromatic nitrogens is 3. The van der Waals surface area contributed by atoms with Crippen LogP contribution in [0.5, 0.6) is 5.88 Å². The highest BCUT2D eigenvalue weighted by atomic mass is 32.2. The monoisotopic (exact) mass is 467 g/mol. The molecule has 11 heteroatoms. The number of carbonyl (C=O) groups excluding carboxylic acids is 1. The highest BCUT2D eigenvalue weighted by Crippen LogP contribution is 2.43. The smallest absolute Gasteiger partial charge is 0.263 e. The molecule has 0 atom stereocenters. The topological polar surface area (TPSA) is 144 Å². The molecule has 0 aromatic carbocycles. The Morgan fingerprint density at radius 2 is 2.06 bits per heavy atom. The molecule has 1 fully saturated rings. The van der Waals surface area contributed by atoms with Gasteiger partial charge in [0.25, 0.3) is 11.5 Å². The Kier molecular flexibility index (Phi) is 5.63. The summed E-state index contributed by atoms with van der Waals surface area (Å²) < 4.78 is 30.2. The van der Waals surface area contributed by atoms with Gasteiger partial charge in [-0.25, -0.2) is 18.4 Å². The summed E-state index contributed by atoms with van der Waals surface area (Å²) in [6.07, 6.45) is 5.19. The molecule has 33 heavy (non-hydrogen) atoms. The molecule has 3 heterocycles. The van der Waals surface area contributed by atoms with E-state index in [1.165, 1.54) is 36.3 Å². The normalized spacial score (nSPS) is 14.5. The molecule has 3 aromatic heterocycles. The summed E-state index contributed by atoms with van der Waals surface area (Å²) in [6.45, 7) is 0.0873. The fourth-order valence-corrected chi connectivity index (χ4v) is 4.62. The highest BCUT2D eigenvalue weighted by molar-refractivity contribution is 7.92. The summed E-state index contributed by atoms with van der Waals surface area (Å²) in [6, 6.07) is 8.24. The number of nitriles is 1. The maximum atomic E-state index is 12.9. The molecule has 170 valence electrons. The maximum absolute atomic E-state index is 12.9. The molecule has 1 amide bonds. The zero-order valence-corrected chi connectivity index (χ0v) is 18.8. The molecule has 0 bridgehead atoms. The number of amides is 1. The van der Waals surface area contributed by atoms with Crippen LogP contribution in [-0.4, -0.2) is 46.5 Å². The van der Waals surface area contributed by atoms with Crippen LogP contribution in [0.25, 0.3) is 10.9 Å². The molecule has 10 nitrogen and oxygen atoms in total. The molecule has 0 spiro atoms. The van der Waals surface area contributed by atoms with Crippen LogP contribution in [0.3, 0.4) is 0 Å². The number of sulfone groups is 1. The van der Waals surface area contributed by atoms with E-state index in [-0.39, 0.29) is 30.3 Å². The number of ether oxygens (including phenoxy) is 1. The van der Waals surface area contributed by atoms with Crippen molar-refractivity contribution in [3.05, 3.63) is 63.8 Å². The van der Waals surface area contributed by atoms with E-state index >= 15 is 0 Å². The quantitative estimate of drug-likeness (QED) is 0.544. The molecule has 0 radical (unpaired) electrons. The van der Waals surface area contributed by atoms with Crippen LogP contribution >= 0.6 is 0 Å². The van der Waals surface area contributed by atoms with Crippen LogP contribution in [0.2, 0.25) is 0 Å². The minimum absolute atomic E-state index is 0.0486. The highest BCUT2D eigenvalue weighted by Gasteiger charge is 2.53. The van der Waals surface area contributed by atoms with Crippen LogP contribution in [0.15, 0.2) is 41.5 Å². The molecule has 0 saturated heterocycles. The molecular weight excluding hydrogens is 446 g/mol. The molecule has 0 unspecified atom stereocenters. The van der Waals surface area contributed by atoms with Crippen LogP contribution in [0.1, 0.15) is 34.5 Å². The van der Waals surface area contributed by atoms with Crippen molar-refractivity contribution in [3.8, 4) is 11.9 Å². The first-order chi connectivity index (χ1) is 15.6. The predicted molar refractivity (Wildman–Crippen MR) is 119 cm³/mol. The second-order valence-corrected chi connectivity index (χ2v) is 10.5. The van der Waals surface area contributed by atoms with E-state index in [0.29, 0.717) is 29.3 Å². The Morgan fingerprint density at radius 3 is 2.67 bits per heavy atom. The lowest BCUT2D eigenvalue weighted by Crippen LogP contribution is -2.32. The first kappa shape index (κ1) is 22.4. The van der Waals surface area contributed by atoms with Gasteiger partial charge in [-0.3, -0.25) is 9.59 Å². The van der Waals surface area contributed by atoms with Crippen molar-refractivity contribution in [1.82, 2.24) is 19.9 Å². The Labute approximate surface area is 189 Å². The van der Waals surface area contributed by atoms with Crippen molar-refractivity contribution in [1.29, 1.82) is 5.26 Å². The first-order valence-electron chi connectivity index (χ1n) is 10.1. The fourth-order valence-electron chi connectivity index (χ4n) is 3.50. The average molecular weight is 468 g/mol. The van der Waals surface area contributed by atoms with E-state index in [1.807, 2.05) is 6.07 Å². The van der Waals surface area contributed by atoms with E-state index in [4.69, 9.17) is 10.00 Å². The van der Waals surface area contributed by atoms with Crippen molar-refractivity contribution in [2.75, 3.05) is 12.9 Å². The number of nitrogens with zero attached hydrogens (tertiary/aromatic N) is 4. The largest absolute Gasteiger partial charge is 0.474 e. The Balaban J connectivity index is 1.58. The number of pyridine rings is 3. The van der Waals surface area contributed by atoms with Gasteiger partial charge in [-0.1, -0.05) is 6.07 Å². The Morgan fingerprint density at radius 1 is 1.30 bits per heavy atom. The lowest BCUT2D eigenvalue weighted by molar-refractivity contribution is 0.0949. The van der Waals surface area contributed by atoms with Crippen molar-refractivity contribution in [3.63, 3.8) is 0 Å². The van der Waals surface area contributed by atoms with Gasteiger partial charge < -0.3 is 14.6 Å². The lowest BCUT2D eigenvalue weighted by atomic mass is 10.1. The summed E-state index contributed by atoms with van der Waals surface area (Å²) in [5.74, 6) is -0.423. The van der Waals surface area contributed by atoms with Crippen LogP contribution in [0, 0.1) is 11.3 Å². The van der Waals surface area contributed by atoms with Gasteiger partial charge >= 0.3 is 0 Å². The summed E-state index contributed by atoms with van der Waals surface area (Å²) in [4.78, 5) is 33.8. The summed E-state index contributed by atoms with van der Waals surface area (Å²) >= 11 is 0. The van der Waals surface area contributed by atoms with Crippen molar-refractivity contribution in [2.24, 2.45) is 7.05 Å². The molecule has 1 aliphatic rings. The van der Waals surface area contributed by atoms with Crippen LogP contribution < -0.4 is 15.6 Å². The molecule has 4 rings (SSSR count). The van der Waals surface area contributed by atoms with E-state index < -0.39 is 26.1 Å². The van der Waals surface area contributed by atoms with Crippen molar-refractivity contribution < 1.29 is 17.9 Å². The van der Waals surface area contributed by atoms with Crippen LogP contribution in [0.4, 0.5) is 0 Å². The number of fused-ring (bicyclic) bond motifs is 1. The molecule has 1 saturated carbocycles. The number of aryl methyl sites for hydroxylation is 1. The molecule has 1 N–H and O–H groups in total.